The lowest BCUT2D eigenvalue weighted by Crippen LogP contribution is -2.17. The topological polar surface area (TPSA) is 8.17 Å². The molecule has 0 unspecified atom stereocenters. The second-order valence-corrected chi connectivity index (χ2v) is 15.0. The van der Waals surface area contributed by atoms with Crippen molar-refractivity contribution < 1.29 is 12.3 Å². The van der Waals surface area contributed by atoms with Gasteiger partial charge in [0, 0.05) is 38.8 Å². The van der Waals surface area contributed by atoms with Gasteiger partial charge in [-0.1, -0.05) is 171 Å². The molecule has 1 heterocycles. The van der Waals surface area contributed by atoms with Crippen molar-refractivity contribution in [1.29, 1.82) is 0 Å². The molecule has 10 aromatic rings. The Balaban J connectivity index is 1.25. The summed E-state index contributed by atoms with van der Waals surface area (Å²) in [5, 5.41) is 0.498. The normalized spacial score (nSPS) is 15.1. The van der Waals surface area contributed by atoms with Crippen LogP contribution in [0.25, 0.3) is 71.6 Å². The first-order valence-electron chi connectivity index (χ1n) is 23.6. The van der Waals surface area contributed by atoms with Crippen LogP contribution in [0.3, 0.4) is 0 Å². The summed E-state index contributed by atoms with van der Waals surface area (Å²) in [6, 6.07) is 46.8. The van der Waals surface area contributed by atoms with Gasteiger partial charge in [0.1, 0.15) is 0 Å². The molecule has 0 bridgehead atoms. The van der Waals surface area contributed by atoms with E-state index in [1.165, 1.54) is 22.3 Å². The Hall–Kier alpha value is -7.16. The number of para-hydroxylation sites is 2. The number of fused-ring (bicyclic) bond motifs is 8. The standard InChI is InChI=1S/C55H40N2/c1-55(2)48-28-12-9-25-45(48)46-33-32-42(36-49(46)55)56(50-29-13-10-24-43(50)37-17-5-3-6-18-37)40-22-16-23-41(35-40)57-51-30-14-11-26-47(51)54-52(57)34-31-39-21-15-27-44(53(39)54)38-19-7-4-8-20-38/h3-36H,1-2H3/i11D,14D,15D,21D,26D,27D,30D,31D,34D. The smallest absolute Gasteiger partial charge is 0.0645 e. The van der Waals surface area contributed by atoms with Crippen molar-refractivity contribution in [3.05, 3.63) is 217 Å². The molecule has 2 nitrogen and oxygen atoms in total. The number of benzene rings is 9. The van der Waals surface area contributed by atoms with Crippen molar-refractivity contribution in [3.8, 4) is 39.1 Å². The van der Waals surface area contributed by atoms with E-state index >= 15 is 0 Å². The summed E-state index contributed by atoms with van der Waals surface area (Å²) in [5.74, 6) is 0. The maximum absolute atomic E-state index is 9.70. The molecule has 0 N–H and O–H groups in total. The third kappa shape index (κ3) is 5.18. The van der Waals surface area contributed by atoms with Crippen LogP contribution in [-0.2, 0) is 5.41 Å². The van der Waals surface area contributed by atoms with Crippen LogP contribution in [0, 0.1) is 0 Å². The zero-order chi connectivity index (χ0) is 45.9. The average molecular weight is 738 g/mol. The molecule has 11 rings (SSSR count). The predicted octanol–water partition coefficient (Wildman–Crippen LogP) is 15.0. The minimum atomic E-state index is -0.476. The van der Waals surface area contributed by atoms with Crippen molar-refractivity contribution in [2.24, 2.45) is 0 Å². The highest BCUT2D eigenvalue weighted by Gasteiger charge is 2.36. The molecule has 1 aliphatic carbocycles. The van der Waals surface area contributed by atoms with Gasteiger partial charge >= 0.3 is 0 Å². The van der Waals surface area contributed by atoms with Gasteiger partial charge < -0.3 is 9.47 Å². The highest BCUT2D eigenvalue weighted by atomic mass is 15.1. The summed E-state index contributed by atoms with van der Waals surface area (Å²) in [6.07, 6.45) is 0. The number of anilines is 3. The first-order chi connectivity index (χ1) is 31.8. The maximum atomic E-state index is 9.70. The molecule has 0 fully saturated rings. The second-order valence-electron chi connectivity index (χ2n) is 15.0. The Morgan fingerprint density at radius 1 is 0.474 bits per heavy atom. The van der Waals surface area contributed by atoms with Gasteiger partial charge in [-0.05, 0) is 98.2 Å². The van der Waals surface area contributed by atoms with E-state index in [0.29, 0.717) is 11.3 Å². The summed E-state index contributed by atoms with van der Waals surface area (Å²) in [4.78, 5) is 2.20. The maximum Gasteiger partial charge on any atom is 0.0645 e. The molecule has 0 aliphatic heterocycles. The van der Waals surface area contributed by atoms with Gasteiger partial charge in [-0.3, -0.25) is 0 Å². The highest BCUT2D eigenvalue weighted by molar-refractivity contribution is 6.25. The molecule has 0 atom stereocenters. The first kappa shape index (κ1) is 25.1. The van der Waals surface area contributed by atoms with Gasteiger partial charge in [-0.2, -0.15) is 0 Å². The molecule has 2 heteroatoms. The zero-order valence-corrected chi connectivity index (χ0v) is 31.3. The van der Waals surface area contributed by atoms with Crippen molar-refractivity contribution >= 4 is 49.6 Å². The van der Waals surface area contributed by atoms with E-state index in [1.807, 2.05) is 60.7 Å². The van der Waals surface area contributed by atoms with Gasteiger partial charge in [0.2, 0.25) is 0 Å². The Morgan fingerprint density at radius 2 is 1.16 bits per heavy atom. The molecule has 270 valence electrons. The quantitative estimate of drug-likeness (QED) is 0.165. The Labute approximate surface area is 346 Å². The van der Waals surface area contributed by atoms with Gasteiger partial charge in [-0.25, -0.2) is 0 Å². The average Bonchev–Trinajstić information content (AvgIpc) is 3.82. The van der Waals surface area contributed by atoms with Crippen LogP contribution in [0.1, 0.15) is 37.3 Å². The van der Waals surface area contributed by atoms with Gasteiger partial charge in [0.15, 0.2) is 0 Å². The molecule has 9 aromatic carbocycles. The lowest BCUT2D eigenvalue weighted by Gasteiger charge is -2.30. The Bertz CT molecular complexity index is 3680. The molecule has 0 spiro atoms. The molecule has 0 radical (unpaired) electrons. The molecular weight excluding hydrogens is 689 g/mol. The largest absolute Gasteiger partial charge is 0.310 e. The summed E-state index contributed by atoms with van der Waals surface area (Å²) in [7, 11) is 0. The van der Waals surface area contributed by atoms with E-state index < -0.39 is 24.2 Å². The lowest BCUT2D eigenvalue weighted by atomic mass is 9.82. The van der Waals surface area contributed by atoms with Crippen molar-refractivity contribution in [1.82, 2.24) is 4.57 Å². The lowest BCUT2D eigenvalue weighted by molar-refractivity contribution is 0.660. The molecule has 0 amide bonds. The minimum Gasteiger partial charge on any atom is -0.310 e. The number of hydrogen-bond acceptors (Lipinski definition) is 1. The van der Waals surface area contributed by atoms with E-state index in [4.69, 9.17) is 5.48 Å². The SMILES string of the molecule is [2H]c1c([2H])c(-c2ccccc2)c2c(c1[2H])c([2H])c([2H])c1c2c2c([2H])c([2H])c([2H])c([2H])c2n1-c1cccc(N(c2ccc3c(c2)C(C)(C)c2ccccc2-3)c2ccccc2-c2ccccc2)c1. The van der Waals surface area contributed by atoms with Crippen molar-refractivity contribution in [3.63, 3.8) is 0 Å². The fourth-order valence-electron chi connectivity index (χ4n) is 8.87. The van der Waals surface area contributed by atoms with Crippen LogP contribution in [0.15, 0.2) is 206 Å². The number of aromatic nitrogens is 1. The molecule has 1 aromatic heterocycles. The molecule has 0 saturated heterocycles. The van der Waals surface area contributed by atoms with Crippen LogP contribution in [0.4, 0.5) is 17.1 Å². The molecule has 1 aliphatic rings. The van der Waals surface area contributed by atoms with Crippen LogP contribution < -0.4 is 4.90 Å². The monoisotopic (exact) mass is 737 g/mol. The number of rotatable bonds is 6. The molecule has 0 saturated carbocycles. The van der Waals surface area contributed by atoms with E-state index in [2.05, 4.69) is 85.5 Å². The third-order valence-electron chi connectivity index (χ3n) is 11.5. The van der Waals surface area contributed by atoms with E-state index in [-0.39, 0.29) is 73.8 Å². The van der Waals surface area contributed by atoms with Crippen molar-refractivity contribution in [2.75, 3.05) is 4.90 Å². The van der Waals surface area contributed by atoms with E-state index in [1.54, 1.807) is 28.8 Å². The minimum absolute atomic E-state index is 0.0297. The molecular formula is C55H40N2. The van der Waals surface area contributed by atoms with Gasteiger partial charge in [0.25, 0.3) is 0 Å². The summed E-state index contributed by atoms with van der Waals surface area (Å²) in [6.45, 7) is 4.50. The Morgan fingerprint density at radius 3 is 1.98 bits per heavy atom. The summed E-state index contributed by atoms with van der Waals surface area (Å²) in [5.41, 5.74) is 10.5. The number of hydrogen-bond donors (Lipinski definition) is 0. The van der Waals surface area contributed by atoms with Crippen molar-refractivity contribution in [2.45, 2.75) is 19.3 Å². The summed E-state index contributed by atoms with van der Waals surface area (Å²) < 4.78 is 84.8. The van der Waals surface area contributed by atoms with E-state index in [0.717, 1.165) is 28.2 Å². The zero-order valence-electron chi connectivity index (χ0n) is 40.3. The van der Waals surface area contributed by atoms with Gasteiger partial charge in [-0.15, -0.1) is 0 Å². The van der Waals surface area contributed by atoms with Crippen LogP contribution in [0.2, 0.25) is 0 Å². The Kier molecular flexibility index (Phi) is 5.71. The third-order valence-corrected chi connectivity index (χ3v) is 11.5. The number of nitrogens with zero attached hydrogens (tertiary/aromatic N) is 2. The van der Waals surface area contributed by atoms with Crippen LogP contribution in [0.5, 0.6) is 0 Å². The predicted molar refractivity (Wildman–Crippen MR) is 241 cm³/mol. The first-order valence-corrected chi connectivity index (χ1v) is 19.1. The fraction of sp³-hybridized carbons (Fsp3) is 0.0545. The summed E-state index contributed by atoms with van der Waals surface area (Å²) >= 11 is 0. The van der Waals surface area contributed by atoms with E-state index in [9.17, 15) is 6.85 Å². The van der Waals surface area contributed by atoms with Crippen LogP contribution in [-0.4, -0.2) is 4.57 Å². The second kappa shape index (κ2) is 13.0. The van der Waals surface area contributed by atoms with Gasteiger partial charge in [0.05, 0.1) is 29.1 Å². The van der Waals surface area contributed by atoms with Crippen LogP contribution >= 0.6 is 0 Å². The highest BCUT2D eigenvalue weighted by Crippen LogP contribution is 2.51. The fourth-order valence-corrected chi connectivity index (χ4v) is 8.87. The molecule has 57 heavy (non-hydrogen) atoms.